The summed E-state index contributed by atoms with van der Waals surface area (Å²) in [5.41, 5.74) is 6.22. The maximum absolute atomic E-state index is 6.17. The number of hydrogen-bond acceptors (Lipinski definition) is 3. The van der Waals surface area contributed by atoms with Crippen molar-refractivity contribution < 1.29 is 4.74 Å². The Kier molecular flexibility index (Phi) is 4.68. The molecule has 0 bridgehead atoms. The molecule has 0 aromatic heterocycles. The molecule has 1 heterocycles. The molecule has 1 saturated heterocycles. The topological polar surface area (TPSA) is 38.5 Å². The van der Waals surface area contributed by atoms with Gasteiger partial charge in [0.15, 0.2) is 0 Å². The molecule has 106 valence electrons. The Morgan fingerprint density at radius 2 is 2.00 bits per heavy atom. The molecular weight excluding hydrogens is 224 g/mol. The van der Waals surface area contributed by atoms with Crippen molar-refractivity contribution in [1.29, 1.82) is 0 Å². The Labute approximate surface area is 112 Å². The molecule has 0 aromatic carbocycles. The van der Waals surface area contributed by atoms with E-state index in [0.717, 1.165) is 18.6 Å². The third-order valence-electron chi connectivity index (χ3n) is 5.40. The normalized spacial score (nSPS) is 32.5. The van der Waals surface area contributed by atoms with E-state index in [1.165, 1.54) is 38.6 Å². The summed E-state index contributed by atoms with van der Waals surface area (Å²) in [7, 11) is 1.81. The van der Waals surface area contributed by atoms with E-state index in [1.54, 1.807) is 7.11 Å². The molecule has 2 N–H and O–H groups in total. The third kappa shape index (κ3) is 2.33. The Balaban J connectivity index is 2.19. The van der Waals surface area contributed by atoms with Gasteiger partial charge in [0.1, 0.15) is 0 Å². The first kappa shape index (κ1) is 14.3. The van der Waals surface area contributed by atoms with Crippen LogP contribution >= 0.6 is 0 Å². The largest absolute Gasteiger partial charge is 0.383 e. The van der Waals surface area contributed by atoms with E-state index in [0.29, 0.717) is 12.5 Å². The van der Waals surface area contributed by atoms with Crippen molar-refractivity contribution in [3.05, 3.63) is 0 Å². The van der Waals surface area contributed by atoms with Crippen LogP contribution in [0.1, 0.15) is 46.0 Å². The van der Waals surface area contributed by atoms with Crippen LogP contribution in [-0.4, -0.2) is 43.3 Å². The van der Waals surface area contributed by atoms with Crippen molar-refractivity contribution in [2.45, 2.75) is 57.5 Å². The van der Waals surface area contributed by atoms with Crippen LogP contribution in [0.3, 0.4) is 0 Å². The van der Waals surface area contributed by atoms with Crippen molar-refractivity contribution >= 4 is 0 Å². The van der Waals surface area contributed by atoms with Crippen LogP contribution < -0.4 is 5.73 Å². The minimum atomic E-state index is 0.0471. The van der Waals surface area contributed by atoms with E-state index in [4.69, 9.17) is 10.5 Å². The van der Waals surface area contributed by atoms with Gasteiger partial charge in [-0.25, -0.2) is 0 Å². The van der Waals surface area contributed by atoms with Crippen LogP contribution in [0.15, 0.2) is 0 Å². The van der Waals surface area contributed by atoms with Gasteiger partial charge in [-0.1, -0.05) is 26.7 Å². The summed E-state index contributed by atoms with van der Waals surface area (Å²) in [6, 6.07) is 0.764. The zero-order valence-corrected chi connectivity index (χ0v) is 12.3. The average Bonchev–Trinajstić information content (AvgIpc) is 2.80. The summed E-state index contributed by atoms with van der Waals surface area (Å²) in [4.78, 5) is 2.71. The first-order chi connectivity index (χ1) is 8.65. The van der Waals surface area contributed by atoms with Crippen LogP contribution in [0, 0.1) is 11.8 Å². The van der Waals surface area contributed by atoms with Crippen LogP contribution in [0.25, 0.3) is 0 Å². The molecule has 1 saturated carbocycles. The van der Waals surface area contributed by atoms with E-state index in [9.17, 15) is 0 Å². The lowest BCUT2D eigenvalue weighted by Crippen LogP contribution is -2.62. The summed E-state index contributed by atoms with van der Waals surface area (Å²) in [5, 5.41) is 0. The second-order valence-electron chi connectivity index (χ2n) is 6.49. The molecule has 3 heteroatoms. The van der Waals surface area contributed by atoms with Crippen LogP contribution in [-0.2, 0) is 4.74 Å². The summed E-state index contributed by atoms with van der Waals surface area (Å²) >= 11 is 0. The van der Waals surface area contributed by atoms with Crippen LogP contribution in [0.2, 0.25) is 0 Å². The number of likely N-dealkylation sites (tertiary alicyclic amines) is 1. The monoisotopic (exact) mass is 254 g/mol. The smallest absolute Gasteiger partial charge is 0.0661 e. The fourth-order valence-electron chi connectivity index (χ4n) is 4.20. The number of fused-ring (bicyclic) bond motifs is 1. The third-order valence-corrected chi connectivity index (χ3v) is 5.40. The Hall–Kier alpha value is -0.120. The number of rotatable bonds is 5. The second-order valence-corrected chi connectivity index (χ2v) is 6.49. The predicted molar refractivity (Wildman–Crippen MR) is 75.6 cm³/mol. The van der Waals surface area contributed by atoms with Gasteiger partial charge < -0.3 is 10.5 Å². The van der Waals surface area contributed by atoms with E-state index >= 15 is 0 Å². The molecule has 0 spiro atoms. The molecule has 3 nitrogen and oxygen atoms in total. The Morgan fingerprint density at radius 3 is 2.61 bits per heavy atom. The van der Waals surface area contributed by atoms with E-state index < -0.39 is 0 Å². The highest BCUT2D eigenvalue weighted by atomic mass is 16.5. The van der Waals surface area contributed by atoms with Gasteiger partial charge in [-0.15, -0.1) is 0 Å². The molecule has 1 aliphatic carbocycles. The van der Waals surface area contributed by atoms with Crippen molar-refractivity contribution in [3.8, 4) is 0 Å². The van der Waals surface area contributed by atoms with Crippen LogP contribution in [0.4, 0.5) is 0 Å². The van der Waals surface area contributed by atoms with Gasteiger partial charge in [-0.05, 0) is 37.6 Å². The van der Waals surface area contributed by atoms with Gasteiger partial charge >= 0.3 is 0 Å². The SMILES string of the molecule is COCC(CN)(C(C)C)N1CCC2CCCCC21. The highest BCUT2D eigenvalue weighted by Crippen LogP contribution is 2.41. The minimum Gasteiger partial charge on any atom is -0.383 e. The van der Waals surface area contributed by atoms with Crippen molar-refractivity contribution in [2.75, 3.05) is 26.8 Å². The van der Waals surface area contributed by atoms with Gasteiger partial charge in [0.2, 0.25) is 0 Å². The number of ether oxygens (including phenoxy) is 1. The first-order valence-electron chi connectivity index (χ1n) is 7.61. The van der Waals surface area contributed by atoms with E-state index in [-0.39, 0.29) is 5.54 Å². The maximum atomic E-state index is 6.17. The summed E-state index contributed by atoms with van der Waals surface area (Å²) in [6.07, 6.45) is 6.97. The second kappa shape index (κ2) is 5.89. The molecular formula is C15H30N2O. The maximum Gasteiger partial charge on any atom is 0.0661 e. The lowest BCUT2D eigenvalue weighted by molar-refractivity contribution is -0.0341. The van der Waals surface area contributed by atoms with E-state index in [2.05, 4.69) is 18.7 Å². The summed E-state index contributed by atoms with van der Waals surface area (Å²) < 4.78 is 5.53. The fourth-order valence-corrected chi connectivity index (χ4v) is 4.20. The number of nitrogens with two attached hydrogens (primary N) is 1. The zero-order valence-electron chi connectivity index (χ0n) is 12.3. The van der Waals surface area contributed by atoms with Crippen LogP contribution in [0.5, 0.6) is 0 Å². The number of hydrogen-bond donors (Lipinski definition) is 1. The van der Waals surface area contributed by atoms with Gasteiger partial charge in [0.05, 0.1) is 12.1 Å². The number of nitrogens with zero attached hydrogens (tertiary/aromatic N) is 1. The predicted octanol–water partition coefficient (Wildman–Crippen LogP) is 2.25. The lowest BCUT2D eigenvalue weighted by atomic mass is 9.80. The van der Waals surface area contributed by atoms with Crippen molar-refractivity contribution in [3.63, 3.8) is 0 Å². The molecule has 18 heavy (non-hydrogen) atoms. The Morgan fingerprint density at radius 1 is 1.28 bits per heavy atom. The summed E-state index contributed by atoms with van der Waals surface area (Å²) in [6.45, 7) is 7.28. The molecule has 0 radical (unpaired) electrons. The average molecular weight is 254 g/mol. The van der Waals surface area contributed by atoms with Crippen molar-refractivity contribution in [2.24, 2.45) is 17.6 Å². The molecule has 0 amide bonds. The van der Waals surface area contributed by atoms with Crippen molar-refractivity contribution in [1.82, 2.24) is 4.90 Å². The van der Waals surface area contributed by atoms with Gasteiger partial charge in [0.25, 0.3) is 0 Å². The quantitative estimate of drug-likeness (QED) is 0.818. The molecule has 2 fully saturated rings. The number of methoxy groups -OCH3 is 1. The highest BCUT2D eigenvalue weighted by Gasteiger charge is 2.47. The summed E-state index contributed by atoms with van der Waals surface area (Å²) in [5.74, 6) is 1.46. The molecule has 2 rings (SSSR count). The molecule has 0 aromatic rings. The lowest BCUT2D eigenvalue weighted by Gasteiger charge is -2.48. The fraction of sp³-hybridized carbons (Fsp3) is 1.00. The molecule has 1 aliphatic heterocycles. The standard InChI is InChI=1S/C15H30N2O/c1-12(2)15(10-16,11-18-3)17-9-8-13-6-4-5-7-14(13)17/h12-14H,4-11,16H2,1-3H3. The van der Waals surface area contributed by atoms with Gasteiger partial charge in [0, 0.05) is 19.7 Å². The van der Waals surface area contributed by atoms with Gasteiger partial charge in [-0.2, -0.15) is 0 Å². The van der Waals surface area contributed by atoms with Gasteiger partial charge in [-0.3, -0.25) is 4.90 Å². The highest BCUT2D eigenvalue weighted by molar-refractivity contribution is 5.03. The Bertz CT molecular complexity index is 269. The van der Waals surface area contributed by atoms with E-state index in [1.807, 2.05) is 0 Å². The first-order valence-corrected chi connectivity index (χ1v) is 7.61. The minimum absolute atomic E-state index is 0.0471. The molecule has 3 atom stereocenters. The molecule has 3 unspecified atom stereocenters. The zero-order chi connectivity index (χ0) is 13.2. The molecule has 2 aliphatic rings.